The van der Waals surface area contributed by atoms with Gasteiger partial charge in [-0.15, -0.1) is 0 Å². The van der Waals surface area contributed by atoms with Gasteiger partial charge in [0.1, 0.15) is 6.61 Å². The molecule has 13 heteroatoms. The first kappa shape index (κ1) is 26.0. The van der Waals surface area contributed by atoms with Gasteiger partial charge in [-0.2, -0.15) is 0 Å². The number of ether oxygens (including phenoxy) is 4. The van der Waals surface area contributed by atoms with Crippen molar-refractivity contribution in [2.75, 3.05) is 39.3 Å². The standard InChI is InChI=1S/C19H21Cl3N2O8/c1-10(25)32-16-6-14(23-18(28)31-9-19(20,21)22)13(5-15(16)30-3)17(27)24-7-12(26)4-11(24)8-29-2/h5-6,11H,4,7-9H2,1-3H3,(H,23,28)/t11-/m0/s1. The highest BCUT2D eigenvalue weighted by atomic mass is 35.6. The highest BCUT2D eigenvalue weighted by molar-refractivity contribution is 6.67. The zero-order chi connectivity index (χ0) is 24.1. The van der Waals surface area contributed by atoms with E-state index in [1.807, 2.05) is 0 Å². The van der Waals surface area contributed by atoms with E-state index in [0.29, 0.717) is 0 Å². The van der Waals surface area contributed by atoms with Crippen LogP contribution in [0.1, 0.15) is 23.7 Å². The summed E-state index contributed by atoms with van der Waals surface area (Å²) < 4.78 is 18.4. The molecule has 1 aromatic rings. The molecule has 0 spiro atoms. The van der Waals surface area contributed by atoms with E-state index >= 15 is 0 Å². The minimum atomic E-state index is -1.85. The minimum Gasteiger partial charge on any atom is -0.493 e. The Kier molecular flexibility index (Phi) is 8.97. The summed E-state index contributed by atoms with van der Waals surface area (Å²) in [5.74, 6) is -1.38. The number of hydrogen-bond donors (Lipinski definition) is 1. The molecule has 1 aromatic carbocycles. The molecule has 1 heterocycles. The third kappa shape index (κ3) is 7.13. The van der Waals surface area contributed by atoms with Gasteiger partial charge in [0, 0.05) is 26.5 Å². The lowest BCUT2D eigenvalue weighted by Crippen LogP contribution is -2.38. The smallest absolute Gasteiger partial charge is 0.411 e. The van der Waals surface area contributed by atoms with Crippen LogP contribution < -0.4 is 14.8 Å². The number of carbonyl (C=O) groups is 4. The normalized spacial score (nSPS) is 16.0. The summed E-state index contributed by atoms with van der Waals surface area (Å²) in [5.41, 5.74) is -0.115. The topological polar surface area (TPSA) is 120 Å². The van der Waals surface area contributed by atoms with Crippen molar-refractivity contribution in [3.05, 3.63) is 17.7 Å². The molecule has 0 unspecified atom stereocenters. The van der Waals surface area contributed by atoms with E-state index in [9.17, 15) is 19.2 Å². The monoisotopic (exact) mass is 510 g/mol. The van der Waals surface area contributed by atoms with Gasteiger partial charge in [-0.05, 0) is 6.07 Å². The third-order valence-electron chi connectivity index (χ3n) is 4.26. The first-order valence-corrected chi connectivity index (χ1v) is 10.3. The maximum atomic E-state index is 13.3. The Morgan fingerprint density at radius 3 is 2.44 bits per heavy atom. The van der Waals surface area contributed by atoms with Gasteiger partial charge >= 0.3 is 12.1 Å². The Bertz CT molecular complexity index is 903. The van der Waals surface area contributed by atoms with E-state index in [0.717, 1.165) is 0 Å². The van der Waals surface area contributed by atoms with Gasteiger partial charge in [-0.1, -0.05) is 34.8 Å². The number of Topliss-reactive ketones (excluding diaryl/α,β-unsaturated/α-hetero) is 1. The number of anilines is 1. The number of amides is 2. The van der Waals surface area contributed by atoms with Crippen LogP contribution in [0.5, 0.6) is 11.5 Å². The van der Waals surface area contributed by atoms with Gasteiger partial charge in [-0.25, -0.2) is 4.79 Å². The van der Waals surface area contributed by atoms with Crippen molar-refractivity contribution < 1.29 is 38.1 Å². The molecule has 176 valence electrons. The number of alkyl halides is 3. The van der Waals surface area contributed by atoms with Crippen LogP contribution in [0.4, 0.5) is 10.5 Å². The maximum Gasteiger partial charge on any atom is 0.411 e. The van der Waals surface area contributed by atoms with Crippen molar-refractivity contribution in [1.29, 1.82) is 0 Å². The summed E-state index contributed by atoms with van der Waals surface area (Å²) in [6.07, 6.45) is -0.897. The Balaban J connectivity index is 2.44. The first-order valence-electron chi connectivity index (χ1n) is 9.17. The van der Waals surface area contributed by atoms with Crippen molar-refractivity contribution in [1.82, 2.24) is 4.90 Å². The van der Waals surface area contributed by atoms with E-state index in [1.54, 1.807) is 0 Å². The van der Waals surface area contributed by atoms with E-state index in [1.165, 1.54) is 38.2 Å². The van der Waals surface area contributed by atoms with Crippen molar-refractivity contribution in [2.24, 2.45) is 0 Å². The van der Waals surface area contributed by atoms with Crippen LogP contribution in [0.3, 0.4) is 0 Å². The molecule has 2 rings (SSSR count). The molecule has 32 heavy (non-hydrogen) atoms. The second-order valence-electron chi connectivity index (χ2n) is 6.74. The molecule has 1 saturated heterocycles. The summed E-state index contributed by atoms with van der Waals surface area (Å²) in [5, 5.41) is 2.36. The van der Waals surface area contributed by atoms with Gasteiger partial charge in [0.05, 0.1) is 37.6 Å². The lowest BCUT2D eigenvalue weighted by molar-refractivity contribution is -0.132. The minimum absolute atomic E-state index is 0.0422. The molecule has 10 nitrogen and oxygen atoms in total. The van der Waals surface area contributed by atoms with E-state index in [2.05, 4.69) is 5.32 Å². The lowest BCUT2D eigenvalue weighted by Gasteiger charge is -2.25. The number of rotatable bonds is 7. The fourth-order valence-corrected chi connectivity index (χ4v) is 3.18. The molecular formula is C19H21Cl3N2O8. The Hall–Kier alpha value is -2.27. The number of hydrogen-bond acceptors (Lipinski definition) is 8. The predicted molar refractivity (Wildman–Crippen MR) is 116 cm³/mol. The Morgan fingerprint density at radius 2 is 1.88 bits per heavy atom. The summed E-state index contributed by atoms with van der Waals surface area (Å²) in [7, 11) is 2.77. The fraction of sp³-hybridized carbons (Fsp3) is 0.474. The molecule has 1 fully saturated rings. The fourth-order valence-electron chi connectivity index (χ4n) is 3.02. The molecule has 2 amide bonds. The maximum absolute atomic E-state index is 13.3. The SMILES string of the molecule is COC[C@@H]1CC(=O)CN1C(=O)c1cc(OC)c(OC(C)=O)cc1NC(=O)OCC(Cl)(Cl)Cl. The largest absolute Gasteiger partial charge is 0.493 e. The number of ketones is 1. The Morgan fingerprint density at radius 1 is 1.19 bits per heavy atom. The van der Waals surface area contributed by atoms with Crippen molar-refractivity contribution in [3.8, 4) is 11.5 Å². The van der Waals surface area contributed by atoms with E-state index < -0.39 is 34.4 Å². The number of benzene rings is 1. The summed E-state index contributed by atoms with van der Waals surface area (Å²) in [6.45, 7) is 0.633. The van der Waals surface area contributed by atoms with Gasteiger partial charge in [0.25, 0.3) is 5.91 Å². The average Bonchev–Trinajstić information content (AvgIpc) is 3.05. The zero-order valence-corrected chi connectivity index (χ0v) is 19.7. The van der Waals surface area contributed by atoms with Gasteiger partial charge in [-0.3, -0.25) is 19.7 Å². The van der Waals surface area contributed by atoms with Crippen LogP contribution >= 0.6 is 34.8 Å². The predicted octanol–water partition coefficient (Wildman–Crippen LogP) is 2.97. The van der Waals surface area contributed by atoms with Crippen LogP contribution in [0.25, 0.3) is 0 Å². The van der Waals surface area contributed by atoms with Crippen molar-refractivity contribution >= 4 is 64.2 Å². The number of likely N-dealkylation sites (tertiary alicyclic amines) is 1. The van der Waals surface area contributed by atoms with Crippen LogP contribution in [0, 0.1) is 0 Å². The number of esters is 1. The molecular weight excluding hydrogens is 491 g/mol. The van der Waals surface area contributed by atoms with Crippen molar-refractivity contribution in [2.45, 2.75) is 23.2 Å². The number of methoxy groups -OCH3 is 2. The van der Waals surface area contributed by atoms with Crippen LogP contribution in [0.2, 0.25) is 0 Å². The van der Waals surface area contributed by atoms with E-state index in [4.69, 9.17) is 53.8 Å². The molecule has 0 aromatic heterocycles. The second-order valence-corrected chi connectivity index (χ2v) is 9.26. The van der Waals surface area contributed by atoms with Crippen LogP contribution in [-0.2, 0) is 19.1 Å². The number of nitrogens with one attached hydrogen (secondary N) is 1. The average molecular weight is 512 g/mol. The second kappa shape index (κ2) is 11.0. The lowest BCUT2D eigenvalue weighted by atomic mass is 10.1. The number of nitrogens with zero attached hydrogens (tertiary/aromatic N) is 1. The van der Waals surface area contributed by atoms with Gasteiger partial charge in [0.2, 0.25) is 3.79 Å². The molecule has 0 aliphatic carbocycles. The van der Waals surface area contributed by atoms with Gasteiger partial charge < -0.3 is 23.8 Å². The van der Waals surface area contributed by atoms with Crippen LogP contribution in [-0.4, -0.2) is 72.5 Å². The highest BCUT2D eigenvalue weighted by Crippen LogP contribution is 2.35. The number of carbonyl (C=O) groups excluding carboxylic acids is 4. The van der Waals surface area contributed by atoms with Crippen LogP contribution in [0.15, 0.2) is 12.1 Å². The summed E-state index contributed by atoms with van der Waals surface area (Å²) in [4.78, 5) is 50.2. The molecule has 1 atom stereocenters. The molecule has 1 aliphatic heterocycles. The highest BCUT2D eigenvalue weighted by Gasteiger charge is 2.36. The molecule has 1 aliphatic rings. The molecule has 0 radical (unpaired) electrons. The summed E-state index contributed by atoms with van der Waals surface area (Å²) in [6, 6.07) is 2.01. The molecule has 0 saturated carbocycles. The van der Waals surface area contributed by atoms with E-state index in [-0.39, 0.29) is 48.1 Å². The number of halogens is 3. The third-order valence-corrected chi connectivity index (χ3v) is 4.59. The molecule has 0 bridgehead atoms. The van der Waals surface area contributed by atoms with Crippen molar-refractivity contribution in [3.63, 3.8) is 0 Å². The quantitative estimate of drug-likeness (QED) is 0.337. The Labute approximate surface area is 198 Å². The molecule has 1 N–H and O–H groups in total. The summed E-state index contributed by atoms with van der Waals surface area (Å²) >= 11 is 16.7. The van der Waals surface area contributed by atoms with Gasteiger partial charge in [0.15, 0.2) is 17.3 Å². The zero-order valence-electron chi connectivity index (χ0n) is 17.4. The first-order chi connectivity index (χ1) is 14.9.